The van der Waals surface area contributed by atoms with Gasteiger partial charge in [-0.05, 0) is 11.6 Å². The van der Waals surface area contributed by atoms with Gasteiger partial charge in [0.25, 0.3) is 0 Å². The van der Waals surface area contributed by atoms with E-state index in [9.17, 15) is 35.8 Å². The molecule has 0 spiro atoms. The first-order valence-electron chi connectivity index (χ1n) is 9.60. The van der Waals surface area contributed by atoms with Crippen LogP contribution in [0.15, 0.2) is 53.5 Å². The van der Waals surface area contributed by atoms with Crippen LogP contribution in [0.5, 0.6) is 5.75 Å². The van der Waals surface area contributed by atoms with E-state index in [0.29, 0.717) is 11.8 Å². The van der Waals surface area contributed by atoms with Crippen LogP contribution in [0.25, 0.3) is 0 Å². The van der Waals surface area contributed by atoms with Crippen molar-refractivity contribution >= 4 is 30.5 Å². The Balaban J connectivity index is 0.00000137. The molecule has 0 aliphatic carbocycles. The Morgan fingerprint density at radius 2 is 1.34 bits per heavy atom. The second-order valence-corrected chi connectivity index (χ2v) is 10.1. The number of hydrogen-bond donors (Lipinski definition) is 1. The molecule has 0 saturated heterocycles. The molecule has 0 saturated carbocycles. The molecule has 0 heterocycles. The maximum absolute atomic E-state index is 14.1. The quantitative estimate of drug-likeness (QED) is 0.144. The fourth-order valence-electron chi connectivity index (χ4n) is 3.30. The Kier molecular flexibility index (Phi) is 9.82. The Morgan fingerprint density at radius 3 is 1.83 bits per heavy atom. The maximum atomic E-state index is 14.1. The number of rotatable bonds is 4. The summed E-state index contributed by atoms with van der Waals surface area (Å²) < 4.78 is 93.9. The molecule has 0 amide bonds. The Morgan fingerprint density at radius 1 is 0.829 bits per heavy atom. The standard InChI is InChI=1S/C23H16F7NO.2ClH.Ti/c1-22(2,13-8-4-3-5-9-13)14-10-6-7-12(21(14)32)11-31-20-18(26)16(24)15(23(28,29)30)17(25)19(20)27;;;/h3-11,32H,1-2H3;2*1H;/q;;;+2/p-2. The van der Waals surface area contributed by atoms with Crippen molar-refractivity contribution in [3.63, 3.8) is 0 Å². The SMILES string of the molecule is CC(C)(c1ccccc1)c1cccc(C=Nc2c(F)c(F)c(C(F)(F)F)c(F)c2F)c1O.[Cl][Ti][Cl]. The van der Waals surface area contributed by atoms with Gasteiger partial charge in [-0.15, -0.1) is 0 Å². The van der Waals surface area contributed by atoms with Gasteiger partial charge in [0.15, 0.2) is 23.3 Å². The van der Waals surface area contributed by atoms with Gasteiger partial charge in [-0.3, -0.25) is 0 Å². The molecular weight excluding hydrogens is 558 g/mol. The van der Waals surface area contributed by atoms with Gasteiger partial charge in [0.1, 0.15) is 17.0 Å². The molecule has 0 aliphatic heterocycles. The molecule has 0 atom stereocenters. The van der Waals surface area contributed by atoms with Gasteiger partial charge in [0, 0.05) is 22.8 Å². The van der Waals surface area contributed by atoms with E-state index in [4.69, 9.17) is 18.6 Å². The summed E-state index contributed by atoms with van der Waals surface area (Å²) in [5.41, 5.74) is -3.78. The van der Waals surface area contributed by atoms with Crippen molar-refractivity contribution in [3.8, 4) is 5.75 Å². The van der Waals surface area contributed by atoms with E-state index in [1.54, 1.807) is 18.2 Å². The minimum atomic E-state index is -5.65. The van der Waals surface area contributed by atoms with E-state index in [0.717, 1.165) is 5.56 Å². The number of phenols is 1. The molecule has 3 rings (SSSR count). The van der Waals surface area contributed by atoms with E-state index >= 15 is 0 Å². The Labute approximate surface area is 213 Å². The van der Waals surface area contributed by atoms with Crippen molar-refractivity contribution in [2.24, 2.45) is 4.99 Å². The third kappa shape index (κ3) is 6.39. The van der Waals surface area contributed by atoms with Crippen LogP contribution in [0, 0.1) is 23.3 Å². The van der Waals surface area contributed by atoms with Crippen molar-refractivity contribution in [1.82, 2.24) is 0 Å². The van der Waals surface area contributed by atoms with E-state index in [1.807, 2.05) is 32.0 Å². The third-order valence-corrected chi connectivity index (χ3v) is 5.09. The number of nitrogens with zero attached hydrogens (tertiary/aromatic N) is 1. The number of benzene rings is 3. The summed E-state index contributed by atoms with van der Waals surface area (Å²) in [6.07, 6.45) is -4.93. The van der Waals surface area contributed by atoms with E-state index in [2.05, 4.69) is 4.99 Å². The van der Waals surface area contributed by atoms with Crippen LogP contribution in [-0.2, 0) is 28.6 Å². The van der Waals surface area contributed by atoms with Crippen LogP contribution in [0.3, 0.4) is 0 Å². The Hall–Kier alpha value is -2.07. The molecule has 12 heteroatoms. The fraction of sp³-hybridized carbons (Fsp3) is 0.174. The van der Waals surface area contributed by atoms with Crippen molar-refractivity contribution in [3.05, 3.63) is 94.1 Å². The van der Waals surface area contributed by atoms with Crippen LogP contribution < -0.4 is 0 Å². The van der Waals surface area contributed by atoms with Gasteiger partial charge >= 0.3 is 41.8 Å². The fourth-order valence-corrected chi connectivity index (χ4v) is 3.30. The molecule has 0 fully saturated rings. The summed E-state index contributed by atoms with van der Waals surface area (Å²) in [4.78, 5) is 3.29. The van der Waals surface area contributed by atoms with Crippen LogP contribution in [0.1, 0.15) is 36.1 Å². The Bertz CT molecular complexity index is 1190. The molecule has 35 heavy (non-hydrogen) atoms. The number of alkyl halides is 3. The van der Waals surface area contributed by atoms with Gasteiger partial charge in [-0.1, -0.05) is 56.3 Å². The second-order valence-electron chi connectivity index (χ2n) is 7.54. The molecule has 2 nitrogen and oxygen atoms in total. The number of hydrogen-bond acceptors (Lipinski definition) is 2. The first kappa shape index (κ1) is 29.2. The van der Waals surface area contributed by atoms with Gasteiger partial charge < -0.3 is 5.11 Å². The summed E-state index contributed by atoms with van der Waals surface area (Å²) in [5.74, 6) is -10.1. The molecule has 0 bridgehead atoms. The van der Waals surface area contributed by atoms with Gasteiger partial charge in [0.2, 0.25) is 0 Å². The first-order valence-corrected chi connectivity index (χ1v) is 13.9. The number of phenolic OH excluding ortho intramolecular Hbond substituents is 1. The minimum absolute atomic E-state index is 0.0639. The molecule has 0 aliphatic rings. The monoisotopic (exact) mass is 573 g/mol. The summed E-state index contributed by atoms with van der Waals surface area (Å²) >= 11 is -0.556. The molecule has 3 aromatic carbocycles. The molecular formula is C23H16Cl2F7NOTi. The van der Waals surface area contributed by atoms with Crippen molar-refractivity contribution in [2.75, 3.05) is 0 Å². The van der Waals surface area contributed by atoms with Crippen LogP contribution >= 0.6 is 18.6 Å². The predicted molar refractivity (Wildman–Crippen MR) is 117 cm³/mol. The van der Waals surface area contributed by atoms with Crippen LogP contribution in [0.2, 0.25) is 0 Å². The van der Waals surface area contributed by atoms with E-state index in [-0.39, 0.29) is 11.3 Å². The molecule has 0 unspecified atom stereocenters. The topological polar surface area (TPSA) is 32.6 Å². The molecule has 0 radical (unpaired) electrons. The second kappa shape index (κ2) is 11.8. The molecule has 3 aromatic rings. The zero-order chi connectivity index (χ0) is 26.6. The average molecular weight is 574 g/mol. The van der Waals surface area contributed by atoms with Crippen molar-refractivity contribution in [2.45, 2.75) is 25.4 Å². The first-order chi connectivity index (χ1) is 16.3. The molecule has 0 aromatic heterocycles. The number of aromatic hydroxyl groups is 1. The van der Waals surface area contributed by atoms with Crippen LogP contribution in [0.4, 0.5) is 36.4 Å². The van der Waals surface area contributed by atoms with Crippen molar-refractivity contribution in [1.29, 1.82) is 0 Å². The molecule has 1 N–H and O–H groups in total. The number of halogens is 9. The van der Waals surface area contributed by atoms with Gasteiger partial charge in [-0.2, -0.15) is 13.2 Å². The summed E-state index contributed by atoms with van der Waals surface area (Å²) in [6, 6.07) is 13.5. The predicted octanol–water partition coefficient (Wildman–Crippen LogP) is 8.42. The number of para-hydroxylation sites is 1. The normalized spacial score (nSPS) is 11.9. The molecule has 186 valence electrons. The summed E-state index contributed by atoms with van der Waals surface area (Å²) in [5, 5.41) is 10.7. The number of aliphatic imine (C=N–C) groups is 1. The zero-order valence-corrected chi connectivity index (χ0v) is 21.1. The summed E-state index contributed by atoms with van der Waals surface area (Å²) in [6.45, 7) is 3.64. The van der Waals surface area contributed by atoms with E-state index < -0.39 is 63.1 Å². The third-order valence-electron chi connectivity index (χ3n) is 5.09. The summed E-state index contributed by atoms with van der Waals surface area (Å²) in [7, 11) is 9.78. The van der Waals surface area contributed by atoms with Gasteiger partial charge in [0.05, 0.1) is 0 Å². The zero-order valence-electron chi connectivity index (χ0n) is 18.0. The van der Waals surface area contributed by atoms with Crippen molar-refractivity contribution < 1.29 is 52.9 Å². The van der Waals surface area contributed by atoms with Crippen LogP contribution in [-0.4, -0.2) is 11.3 Å². The average Bonchev–Trinajstić information content (AvgIpc) is 2.79. The van der Waals surface area contributed by atoms with Gasteiger partial charge in [-0.25, -0.2) is 22.6 Å². The van der Waals surface area contributed by atoms with E-state index in [1.165, 1.54) is 12.1 Å².